The molecule has 0 radical (unpaired) electrons. The number of hydrogen-bond donors (Lipinski definition) is 3. The molecular formula is C27H38N4O5S2. The monoisotopic (exact) mass is 562 g/mol. The minimum absolute atomic E-state index is 0.269. The van der Waals surface area contributed by atoms with Crippen molar-refractivity contribution in [2.75, 3.05) is 31.3 Å². The standard InChI is InChI=1S/C27H38N4O5S2/c32-24-20-10-5-2-6-16-37-38-17-15-36-14-12-21(28-24)25(33)30-22(18-19-8-3-1-4-9-19)27(35)31-13-7-11-23(31)26(34)29-20/h1,3-4,8-9,20-23H,2,5-7,10-18H2,(H,28,32)(H,29,34)(H,30,33)/t20-,21-,22-,23-/m0/s1. The first-order valence-corrected chi connectivity index (χ1v) is 16.1. The Hall–Kier alpha value is -2.24. The van der Waals surface area contributed by atoms with Crippen molar-refractivity contribution in [3.05, 3.63) is 35.9 Å². The van der Waals surface area contributed by atoms with Crippen LogP contribution < -0.4 is 16.0 Å². The molecule has 3 saturated heterocycles. The molecule has 0 unspecified atom stereocenters. The van der Waals surface area contributed by atoms with Crippen LogP contribution in [0, 0.1) is 0 Å². The first-order valence-electron chi connectivity index (χ1n) is 13.6. The lowest BCUT2D eigenvalue weighted by Gasteiger charge is -2.32. The van der Waals surface area contributed by atoms with Crippen molar-refractivity contribution in [3.63, 3.8) is 0 Å². The lowest BCUT2D eigenvalue weighted by Crippen LogP contribution is -2.61. The average Bonchev–Trinajstić information content (AvgIpc) is 3.41. The number of carbonyl (C=O) groups excluding carboxylic acids is 4. The van der Waals surface area contributed by atoms with Crippen LogP contribution in [0.4, 0.5) is 0 Å². The molecule has 4 atom stereocenters. The highest BCUT2D eigenvalue weighted by Crippen LogP contribution is 2.24. The Morgan fingerprint density at radius 2 is 1.50 bits per heavy atom. The molecule has 208 valence electrons. The normalized spacial score (nSPS) is 28.9. The molecule has 1 aromatic rings. The zero-order valence-electron chi connectivity index (χ0n) is 21.7. The maximum absolute atomic E-state index is 13.8. The van der Waals surface area contributed by atoms with Gasteiger partial charge in [-0.3, -0.25) is 19.2 Å². The van der Waals surface area contributed by atoms with Crippen molar-refractivity contribution in [2.45, 2.75) is 75.5 Å². The van der Waals surface area contributed by atoms with Crippen LogP contribution in [0.3, 0.4) is 0 Å². The van der Waals surface area contributed by atoms with Gasteiger partial charge in [0.15, 0.2) is 0 Å². The van der Waals surface area contributed by atoms with E-state index in [4.69, 9.17) is 4.74 Å². The van der Waals surface area contributed by atoms with E-state index in [-0.39, 0.29) is 24.1 Å². The first kappa shape index (κ1) is 28.8. The molecule has 38 heavy (non-hydrogen) atoms. The van der Waals surface area contributed by atoms with Crippen LogP contribution in [-0.4, -0.2) is 84.0 Å². The number of amides is 4. The van der Waals surface area contributed by atoms with Crippen LogP contribution in [0.1, 0.15) is 50.5 Å². The van der Waals surface area contributed by atoms with Gasteiger partial charge < -0.3 is 25.6 Å². The fraction of sp³-hybridized carbons (Fsp3) is 0.630. The van der Waals surface area contributed by atoms with Crippen molar-refractivity contribution in [1.29, 1.82) is 0 Å². The summed E-state index contributed by atoms with van der Waals surface area (Å²) in [6.07, 6.45) is 5.05. The molecule has 9 nitrogen and oxygen atoms in total. The lowest BCUT2D eigenvalue weighted by atomic mass is 10.0. The topological polar surface area (TPSA) is 117 Å². The molecule has 3 heterocycles. The molecule has 3 N–H and O–H groups in total. The van der Waals surface area contributed by atoms with Crippen molar-refractivity contribution in [1.82, 2.24) is 20.9 Å². The lowest BCUT2D eigenvalue weighted by molar-refractivity contribution is -0.143. The molecule has 4 rings (SSSR count). The fourth-order valence-electron chi connectivity index (χ4n) is 5.10. The van der Waals surface area contributed by atoms with Crippen LogP contribution in [-0.2, 0) is 30.3 Å². The maximum Gasteiger partial charge on any atom is 0.246 e. The third-order valence-electron chi connectivity index (χ3n) is 7.17. The second-order valence-corrected chi connectivity index (χ2v) is 12.7. The summed E-state index contributed by atoms with van der Waals surface area (Å²) in [5, 5.41) is 8.71. The molecule has 0 saturated carbocycles. The third-order valence-corrected chi connectivity index (χ3v) is 9.62. The Labute approximate surface area is 232 Å². The molecule has 1 aromatic carbocycles. The van der Waals surface area contributed by atoms with Crippen molar-refractivity contribution in [2.24, 2.45) is 0 Å². The van der Waals surface area contributed by atoms with Crippen LogP contribution in [0.5, 0.6) is 0 Å². The van der Waals surface area contributed by atoms with Gasteiger partial charge in [0.2, 0.25) is 23.6 Å². The van der Waals surface area contributed by atoms with Gasteiger partial charge in [0.1, 0.15) is 24.2 Å². The Morgan fingerprint density at radius 3 is 2.34 bits per heavy atom. The molecule has 3 fully saturated rings. The van der Waals surface area contributed by atoms with E-state index < -0.39 is 30.1 Å². The summed E-state index contributed by atoms with van der Waals surface area (Å²) >= 11 is 0. The highest BCUT2D eigenvalue weighted by Gasteiger charge is 2.40. The van der Waals surface area contributed by atoms with Gasteiger partial charge in [-0.15, -0.1) is 0 Å². The summed E-state index contributed by atoms with van der Waals surface area (Å²) in [6, 6.07) is 6.36. The number of rotatable bonds is 2. The van der Waals surface area contributed by atoms with Crippen molar-refractivity contribution >= 4 is 45.2 Å². The summed E-state index contributed by atoms with van der Waals surface area (Å²) in [7, 11) is 3.60. The van der Waals surface area contributed by atoms with E-state index in [1.807, 2.05) is 41.1 Å². The third kappa shape index (κ3) is 8.13. The van der Waals surface area contributed by atoms with Gasteiger partial charge in [0.05, 0.1) is 6.61 Å². The van der Waals surface area contributed by atoms with E-state index in [9.17, 15) is 19.2 Å². The molecule has 3 aliphatic rings. The van der Waals surface area contributed by atoms with Gasteiger partial charge in [0, 0.05) is 31.1 Å². The number of benzene rings is 1. The van der Waals surface area contributed by atoms with Gasteiger partial charge in [-0.2, -0.15) is 0 Å². The van der Waals surface area contributed by atoms with E-state index >= 15 is 0 Å². The highest BCUT2D eigenvalue weighted by molar-refractivity contribution is 8.76. The summed E-state index contributed by atoms with van der Waals surface area (Å²) in [6.45, 7) is 1.30. The number of carbonyl (C=O) groups is 4. The van der Waals surface area contributed by atoms with Crippen LogP contribution in [0.2, 0.25) is 0 Å². The van der Waals surface area contributed by atoms with Gasteiger partial charge in [-0.25, -0.2) is 0 Å². The van der Waals surface area contributed by atoms with Crippen LogP contribution in [0.25, 0.3) is 0 Å². The van der Waals surface area contributed by atoms with E-state index in [0.29, 0.717) is 45.4 Å². The summed E-state index contributed by atoms with van der Waals surface area (Å²) in [4.78, 5) is 55.6. The quantitative estimate of drug-likeness (QED) is 0.473. The minimum atomic E-state index is -0.878. The first-order chi connectivity index (χ1) is 18.5. The van der Waals surface area contributed by atoms with Gasteiger partial charge in [0.25, 0.3) is 0 Å². The van der Waals surface area contributed by atoms with E-state index in [1.54, 1.807) is 15.7 Å². The molecule has 11 heteroatoms. The number of fused-ring (bicyclic) bond motifs is 4. The number of nitrogens with zero attached hydrogens (tertiary/aromatic N) is 1. The summed E-state index contributed by atoms with van der Waals surface area (Å²) in [5.41, 5.74) is 0.902. The SMILES string of the molecule is O=C1N[C@@H](Cc2ccccc2)C(=O)N2CCC[C@H]2C(=O)N[C@H]2CCCCCSSCCOCC[C@@H]1NC2=O. The Balaban J connectivity index is 1.60. The van der Waals surface area contributed by atoms with Crippen molar-refractivity contribution < 1.29 is 23.9 Å². The Kier molecular flexibility index (Phi) is 11.2. The van der Waals surface area contributed by atoms with E-state index in [1.165, 1.54) is 0 Å². The van der Waals surface area contributed by atoms with Crippen LogP contribution >= 0.6 is 21.6 Å². The van der Waals surface area contributed by atoms with E-state index in [0.717, 1.165) is 36.3 Å². The van der Waals surface area contributed by atoms with E-state index in [2.05, 4.69) is 16.0 Å². The molecule has 2 bridgehead atoms. The van der Waals surface area contributed by atoms with Gasteiger partial charge in [-0.1, -0.05) is 64.8 Å². The van der Waals surface area contributed by atoms with Gasteiger partial charge in [-0.05, 0) is 37.7 Å². The predicted molar refractivity (Wildman–Crippen MR) is 149 cm³/mol. The van der Waals surface area contributed by atoms with Gasteiger partial charge >= 0.3 is 0 Å². The number of ether oxygens (including phenoxy) is 1. The molecular weight excluding hydrogens is 524 g/mol. The number of nitrogens with one attached hydrogen (secondary N) is 3. The second kappa shape index (κ2) is 14.8. The zero-order chi connectivity index (χ0) is 26.7. The molecule has 0 aliphatic carbocycles. The minimum Gasteiger partial charge on any atom is -0.380 e. The molecule has 4 amide bonds. The average molecular weight is 563 g/mol. The zero-order valence-corrected chi connectivity index (χ0v) is 23.3. The molecule has 0 aromatic heterocycles. The fourth-order valence-corrected chi connectivity index (χ4v) is 7.11. The largest absolute Gasteiger partial charge is 0.380 e. The van der Waals surface area contributed by atoms with Crippen molar-refractivity contribution in [3.8, 4) is 0 Å². The Morgan fingerprint density at radius 1 is 0.763 bits per heavy atom. The summed E-state index contributed by atoms with van der Waals surface area (Å²) < 4.78 is 5.75. The molecule has 0 spiro atoms. The maximum atomic E-state index is 13.8. The van der Waals surface area contributed by atoms with Crippen LogP contribution in [0.15, 0.2) is 30.3 Å². The highest BCUT2D eigenvalue weighted by atomic mass is 33.1. The second-order valence-electron chi connectivity index (χ2n) is 9.96. The number of hydrogen-bond acceptors (Lipinski definition) is 7. The predicted octanol–water partition coefficient (Wildman–Crippen LogP) is 2.05. The summed E-state index contributed by atoms with van der Waals surface area (Å²) in [5.74, 6) is 0.527. The smallest absolute Gasteiger partial charge is 0.246 e. The molecule has 3 aliphatic heterocycles. The Bertz CT molecular complexity index is 966.